The minimum atomic E-state index is -0.180. The number of thioether (sulfide) groups is 1. The van der Waals surface area contributed by atoms with E-state index in [9.17, 15) is 9.59 Å². The number of para-hydroxylation sites is 1. The molecule has 1 N–H and O–H groups in total. The fourth-order valence-electron chi connectivity index (χ4n) is 3.11. The number of aromatic nitrogens is 3. The van der Waals surface area contributed by atoms with Crippen molar-refractivity contribution in [1.29, 1.82) is 0 Å². The molecule has 0 atom stereocenters. The Bertz CT molecular complexity index is 1390. The Morgan fingerprint density at radius 3 is 2.75 bits per heavy atom. The van der Waals surface area contributed by atoms with E-state index < -0.39 is 0 Å². The van der Waals surface area contributed by atoms with E-state index in [1.807, 2.05) is 54.6 Å². The molecule has 4 aromatic rings. The smallest absolute Gasteiger partial charge is 0.273 e. The summed E-state index contributed by atoms with van der Waals surface area (Å²) in [4.78, 5) is 30.0. The number of methoxy groups -OCH3 is 1. The number of rotatable bonds is 7. The van der Waals surface area contributed by atoms with Crippen molar-refractivity contribution in [2.45, 2.75) is 11.7 Å². The molecule has 7 nitrogen and oxygen atoms in total. The van der Waals surface area contributed by atoms with Crippen LogP contribution in [0.5, 0.6) is 5.75 Å². The maximum absolute atomic E-state index is 12.9. The van der Waals surface area contributed by atoms with E-state index in [4.69, 9.17) is 17.0 Å². The Morgan fingerprint density at radius 1 is 1.22 bits per heavy atom. The van der Waals surface area contributed by atoms with Crippen LogP contribution in [-0.4, -0.2) is 32.9 Å². The first kappa shape index (κ1) is 22.3. The molecule has 10 heteroatoms. The molecule has 0 saturated heterocycles. The molecule has 0 bridgehead atoms. The zero-order chi connectivity index (χ0) is 22.7. The molecular formula is C22H20N4O3S3. The summed E-state index contributed by atoms with van der Waals surface area (Å²) in [6.07, 6.45) is 0. The molecule has 4 rings (SSSR count). The van der Waals surface area contributed by atoms with Crippen molar-refractivity contribution in [1.82, 2.24) is 19.4 Å². The molecule has 0 radical (unpaired) electrons. The molecule has 2 heterocycles. The average molecular weight is 485 g/mol. The highest BCUT2D eigenvalue weighted by molar-refractivity contribution is 7.99. The average Bonchev–Trinajstić information content (AvgIpc) is 3.15. The van der Waals surface area contributed by atoms with Crippen molar-refractivity contribution in [3.05, 3.63) is 74.5 Å². The van der Waals surface area contributed by atoms with Crippen molar-refractivity contribution in [3.8, 4) is 11.4 Å². The van der Waals surface area contributed by atoms with Crippen LogP contribution in [0.4, 0.5) is 0 Å². The summed E-state index contributed by atoms with van der Waals surface area (Å²) in [5.74, 6) is 0.714. The number of benzene rings is 2. The third-order valence-electron chi connectivity index (χ3n) is 4.74. The van der Waals surface area contributed by atoms with Gasteiger partial charge in [0, 0.05) is 19.3 Å². The number of hydrogen-bond donors (Lipinski definition) is 1. The Morgan fingerprint density at radius 2 is 2.00 bits per heavy atom. The summed E-state index contributed by atoms with van der Waals surface area (Å²) in [7, 11) is 3.26. The molecule has 32 heavy (non-hydrogen) atoms. The first-order valence-corrected chi connectivity index (χ1v) is 11.9. The number of hydrogen-bond acceptors (Lipinski definition) is 7. The van der Waals surface area contributed by atoms with Gasteiger partial charge in [0.2, 0.25) is 5.91 Å². The van der Waals surface area contributed by atoms with Crippen LogP contribution in [-0.2, 0) is 18.4 Å². The van der Waals surface area contributed by atoms with Gasteiger partial charge in [-0.2, -0.15) is 0 Å². The summed E-state index contributed by atoms with van der Waals surface area (Å²) in [5, 5.41) is 3.34. The van der Waals surface area contributed by atoms with Crippen molar-refractivity contribution in [2.24, 2.45) is 7.05 Å². The van der Waals surface area contributed by atoms with Crippen LogP contribution in [0.15, 0.2) is 64.5 Å². The van der Waals surface area contributed by atoms with Crippen LogP contribution in [0, 0.1) is 3.95 Å². The topological polar surface area (TPSA) is 78.2 Å². The van der Waals surface area contributed by atoms with Crippen LogP contribution >= 0.6 is 35.3 Å². The summed E-state index contributed by atoms with van der Waals surface area (Å²) < 4.78 is 9.50. The molecule has 0 fully saturated rings. The number of carbonyl (C=O) groups is 1. The Kier molecular flexibility index (Phi) is 6.73. The lowest BCUT2D eigenvalue weighted by molar-refractivity contribution is -0.118. The zero-order valence-electron chi connectivity index (χ0n) is 17.4. The van der Waals surface area contributed by atoms with E-state index in [1.165, 1.54) is 27.7 Å². The third-order valence-corrected chi connectivity index (χ3v) is 7.13. The maximum Gasteiger partial charge on any atom is 0.273 e. The van der Waals surface area contributed by atoms with Gasteiger partial charge in [0.05, 0.1) is 12.9 Å². The number of thiazole rings is 1. The van der Waals surface area contributed by atoms with Gasteiger partial charge in [-0.3, -0.25) is 18.7 Å². The summed E-state index contributed by atoms with van der Waals surface area (Å²) >= 11 is 7.95. The van der Waals surface area contributed by atoms with E-state index in [-0.39, 0.29) is 17.2 Å². The standard InChI is InChI=1S/C22H20N4O3S3/c1-25-20(28)18-19(26(22(30)32-18)15-8-4-3-5-9-15)24-21(25)31-13-17(27)23-12-14-7-6-10-16(11-14)29-2/h3-11H,12-13H2,1-2H3,(H,23,27). The normalized spacial score (nSPS) is 10.9. The largest absolute Gasteiger partial charge is 0.497 e. The Balaban J connectivity index is 1.54. The van der Waals surface area contributed by atoms with Gasteiger partial charge in [-0.1, -0.05) is 53.4 Å². The highest BCUT2D eigenvalue weighted by atomic mass is 32.2. The Hall–Kier alpha value is -2.95. The third kappa shape index (κ3) is 4.62. The predicted octanol–water partition coefficient (Wildman–Crippen LogP) is 3.93. The second-order valence-corrected chi connectivity index (χ2v) is 9.45. The zero-order valence-corrected chi connectivity index (χ0v) is 19.9. The molecule has 0 aliphatic carbocycles. The molecule has 0 aliphatic heterocycles. The van der Waals surface area contributed by atoms with Crippen molar-refractivity contribution < 1.29 is 9.53 Å². The molecule has 0 unspecified atom stereocenters. The summed E-state index contributed by atoms with van der Waals surface area (Å²) in [5.41, 5.74) is 2.11. The molecule has 0 saturated carbocycles. The van der Waals surface area contributed by atoms with Gasteiger partial charge in [-0.05, 0) is 42.0 Å². The number of carbonyl (C=O) groups excluding carboxylic acids is 1. The summed E-state index contributed by atoms with van der Waals surface area (Å²) in [6.45, 7) is 0.389. The van der Waals surface area contributed by atoms with E-state index >= 15 is 0 Å². The van der Waals surface area contributed by atoms with E-state index in [1.54, 1.807) is 18.7 Å². The molecule has 2 aromatic heterocycles. The number of nitrogens with one attached hydrogen (secondary N) is 1. The van der Waals surface area contributed by atoms with Crippen LogP contribution in [0.1, 0.15) is 5.56 Å². The lowest BCUT2D eigenvalue weighted by Crippen LogP contribution is -2.25. The predicted molar refractivity (Wildman–Crippen MR) is 131 cm³/mol. The van der Waals surface area contributed by atoms with Gasteiger partial charge in [0.15, 0.2) is 14.8 Å². The molecule has 164 valence electrons. The van der Waals surface area contributed by atoms with Crippen LogP contribution in [0.2, 0.25) is 0 Å². The minimum absolute atomic E-state index is 0.131. The fraction of sp³-hybridized carbons (Fsp3) is 0.182. The molecule has 0 spiro atoms. The van der Waals surface area contributed by atoms with Crippen molar-refractivity contribution in [3.63, 3.8) is 0 Å². The number of fused-ring (bicyclic) bond motifs is 1. The second kappa shape index (κ2) is 9.68. The van der Waals surface area contributed by atoms with Gasteiger partial charge < -0.3 is 10.1 Å². The molecule has 2 aromatic carbocycles. The highest BCUT2D eigenvalue weighted by Gasteiger charge is 2.17. The molecular weight excluding hydrogens is 464 g/mol. The van der Waals surface area contributed by atoms with Crippen LogP contribution in [0.25, 0.3) is 16.0 Å². The van der Waals surface area contributed by atoms with Crippen LogP contribution in [0.3, 0.4) is 0 Å². The number of nitrogens with zero attached hydrogens (tertiary/aromatic N) is 3. The van der Waals surface area contributed by atoms with Gasteiger partial charge >= 0.3 is 0 Å². The van der Waals surface area contributed by atoms with Gasteiger partial charge in [-0.15, -0.1) is 0 Å². The SMILES string of the molecule is COc1cccc(CNC(=O)CSc2nc3c(sc(=S)n3-c3ccccc3)c(=O)n2C)c1. The number of ether oxygens (including phenoxy) is 1. The number of amides is 1. The van der Waals surface area contributed by atoms with E-state index in [2.05, 4.69) is 10.3 Å². The monoisotopic (exact) mass is 484 g/mol. The van der Waals surface area contributed by atoms with Crippen molar-refractivity contribution in [2.75, 3.05) is 12.9 Å². The highest BCUT2D eigenvalue weighted by Crippen LogP contribution is 2.25. The quantitative estimate of drug-likeness (QED) is 0.243. The van der Waals surface area contributed by atoms with Gasteiger partial charge in [0.25, 0.3) is 5.56 Å². The lowest BCUT2D eigenvalue weighted by Gasteiger charge is -2.10. The van der Waals surface area contributed by atoms with Gasteiger partial charge in [0.1, 0.15) is 10.4 Å². The fourth-order valence-corrected chi connectivity index (χ4v) is 5.25. The van der Waals surface area contributed by atoms with E-state index in [0.717, 1.165) is 17.0 Å². The molecule has 1 amide bonds. The lowest BCUT2D eigenvalue weighted by atomic mass is 10.2. The van der Waals surface area contributed by atoms with Gasteiger partial charge in [-0.25, -0.2) is 4.98 Å². The van der Waals surface area contributed by atoms with E-state index in [0.29, 0.717) is 26.0 Å². The first-order chi connectivity index (χ1) is 15.5. The first-order valence-electron chi connectivity index (χ1n) is 9.68. The second-order valence-electron chi connectivity index (χ2n) is 6.87. The maximum atomic E-state index is 12.9. The Labute approximate surface area is 197 Å². The minimum Gasteiger partial charge on any atom is -0.497 e. The van der Waals surface area contributed by atoms with Crippen molar-refractivity contribution >= 4 is 51.6 Å². The van der Waals surface area contributed by atoms with Crippen LogP contribution < -0.4 is 15.6 Å². The molecule has 0 aliphatic rings. The summed E-state index contributed by atoms with van der Waals surface area (Å²) in [6, 6.07) is 17.1.